The highest BCUT2D eigenvalue weighted by molar-refractivity contribution is 6.90. The SMILES string of the molecule is CC(C)[Si](C#Cc1cccc2cc(O)cc(C(=O)N3Cc4nc(OCC5(CN6CC[C@@H](F)C6)CC5)nc(N5CC6CCC(C5)N6C(=O)OC(C)(C)C)c4C3)c12)(C(C)C)C(C)C. The highest BCUT2D eigenvalue weighted by Gasteiger charge is 2.48. The van der Waals surface area contributed by atoms with E-state index in [1.54, 1.807) is 17.0 Å². The number of anilines is 1. The number of piperazine rings is 1. The van der Waals surface area contributed by atoms with Gasteiger partial charge >= 0.3 is 12.1 Å². The van der Waals surface area contributed by atoms with Crippen molar-refractivity contribution in [3.63, 3.8) is 0 Å². The molecule has 2 bridgehead atoms. The van der Waals surface area contributed by atoms with Crippen molar-refractivity contribution in [2.24, 2.45) is 5.41 Å². The van der Waals surface area contributed by atoms with Gasteiger partial charge in [-0.25, -0.2) is 9.18 Å². The number of alkyl halides is 1. The summed E-state index contributed by atoms with van der Waals surface area (Å²) in [5, 5.41) is 12.5. The van der Waals surface area contributed by atoms with Crippen LogP contribution in [0.5, 0.6) is 11.8 Å². The van der Waals surface area contributed by atoms with Gasteiger partial charge in [-0.2, -0.15) is 9.97 Å². The minimum atomic E-state index is -2.09. The third-order valence-corrected chi connectivity index (χ3v) is 20.4. The van der Waals surface area contributed by atoms with Gasteiger partial charge in [-0.05, 0) is 93.1 Å². The van der Waals surface area contributed by atoms with Crippen molar-refractivity contribution in [3.05, 3.63) is 52.7 Å². The second-order valence-corrected chi connectivity index (χ2v) is 26.1. The molecule has 11 nitrogen and oxygen atoms in total. The Labute approximate surface area is 362 Å². The summed E-state index contributed by atoms with van der Waals surface area (Å²) in [5.74, 6) is 4.13. The van der Waals surface area contributed by atoms with Gasteiger partial charge in [0.1, 0.15) is 31.4 Å². The summed E-state index contributed by atoms with van der Waals surface area (Å²) in [6, 6.07) is 9.34. The number of likely N-dealkylation sites (tertiary alicyclic amines) is 1. The van der Waals surface area contributed by atoms with Crippen LogP contribution < -0.4 is 9.64 Å². The Morgan fingerprint density at radius 1 is 0.967 bits per heavy atom. The minimum absolute atomic E-state index is 0.0207. The Kier molecular flexibility index (Phi) is 11.6. The molecule has 3 aromatic rings. The van der Waals surface area contributed by atoms with Crippen molar-refractivity contribution in [1.29, 1.82) is 0 Å². The molecule has 3 atom stereocenters. The number of phenols is 1. The molecule has 1 N–H and O–H groups in total. The number of amides is 2. The molecular weight excluding hydrogens is 788 g/mol. The summed E-state index contributed by atoms with van der Waals surface area (Å²) in [4.78, 5) is 46.5. The monoisotopic (exact) mass is 852 g/mol. The number of aromatic nitrogens is 2. The Morgan fingerprint density at radius 2 is 1.66 bits per heavy atom. The van der Waals surface area contributed by atoms with Gasteiger partial charge in [0.25, 0.3) is 5.91 Å². The fourth-order valence-corrected chi connectivity index (χ4v) is 16.2. The highest BCUT2D eigenvalue weighted by Crippen LogP contribution is 2.47. The van der Waals surface area contributed by atoms with Crippen LogP contribution in [0.15, 0.2) is 30.3 Å². The second kappa shape index (κ2) is 16.4. The van der Waals surface area contributed by atoms with Gasteiger partial charge in [0, 0.05) is 54.7 Å². The van der Waals surface area contributed by atoms with E-state index in [0.717, 1.165) is 72.2 Å². The number of carbonyl (C=O) groups is 2. The van der Waals surface area contributed by atoms with E-state index >= 15 is 0 Å². The number of rotatable bonds is 10. The van der Waals surface area contributed by atoms with Crippen LogP contribution in [0.4, 0.5) is 15.0 Å². The molecule has 1 aliphatic carbocycles. The molecule has 0 spiro atoms. The van der Waals surface area contributed by atoms with Crippen molar-refractivity contribution in [1.82, 2.24) is 24.7 Å². The van der Waals surface area contributed by atoms with Crippen LogP contribution in [0.2, 0.25) is 16.6 Å². The number of phenolic OH excluding ortho intramolecular Hbond substituents is 1. The van der Waals surface area contributed by atoms with E-state index in [1.165, 1.54) is 0 Å². The van der Waals surface area contributed by atoms with Crippen molar-refractivity contribution in [2.75, 3.05) is 44.2 Å². The molecule has 2 unspecified atom stereocenters. The maximum absolute atomic E-state index is 14.9. The lowest BCUT2D eigenvalue weighted by Gasteiger charge is -2.42. The number of ether oxygens (including phenoxy) is 2. The lowest BCUT2D eigenvalue weighted by atomic mass is 9.98. The molecule has 5 aliphatic rings. The average molecular weight is 853 g/mol. The van der Waals surface area contributed by atoms with Gasteiger partial charge in [-0.15, -0.1) is 5.54 Å². The van der Waals surface area contributed by atoms with E-state index in [1.807, 2.05) is 43.9 Å². The van der Waals surface area contributed by atoms with Crippen LogP contribution in [0.1, 0.15) is 122 Å². The quantitative estimate of drug-likeness (QED) is 0.158. The van der Waals surface area contributed by atoms with E-state index in [2.05, 4.69) is 62.8 Å². The van der Waals surface area contributed by atoms with Gasteiger partial charge < -0.3 is 24.4 Å². The van der Waals surface area contributed by atoms with Crippen LogP contribution >= 0.6 is 0 Å². The molecule has 328 valence electrons. The van der Waals surface area contributed by atoms with Crippen LogP contribution in [-0.4, -0.2) is 113 Å². The minimum Gasteiger partial charge on any atom is -0.508 e. The number of hydrogen-bond donors (Lipinski definition) is 1. The van der Waals surface area contributed by atoms with Gasteiger partial charge in [0.05, 0.1) is 43.0 Å². The van der Waals surface area contributed by atoms with Crippen LogP contribution in [0.3, 0.4) is 0 Å². The van der Waals surface area contributed by atoms with Gasteiger partial charge in [0.15, 0.2) is 0 Å². The summed E-state index contributed by atoms with van der Waals surface area (Å²) in [7, 11) is -2.09. The van der Waals surface area contributed by atoms with E-state index in [9.17, 15) is 19.1 Å². The fourth-order valence-electron chi connectivity index (χ4n) is 11.0. The number of halogens is 1. The van der Waals surface area contributed by atoms with Crippen LogP contribution in [-0.2, 0) is 17.8 Å². The third-order valence-electron chi connectivity index (χ3n) is 14.1. The lowest BCUT2D eigenvalue weighted by Crippen LogP contribution is -2.57. The fraction of sp³-hybridized carbons (Fsp3) is 0.625. The van der Waals surface area contributed by atoms with Crippen molar-refractivity contribution >= 4 is 36.7 Å². The Hall–Kier alpha value is -4.41. The molecule has 1 aromatic heterocycles. The van der Waals surface area contributed by atoms with E-state index in [4.69, 9.17) is 19.4 Å². The number of fused-ring (bicyclic) bond motifs is 4. The molecule has 2 amide bonds. The first-order valence-electron chi connectivity index (χ1n) is 22.6. The summed E-state index contributed by atoms with van der Waals surface area (Å²) < 4.78 is 26.4. The first-order chi connectivity index (χ1) is 28.9. The van der Waals surface area contributed by atoms with Gasteiger partial charge in [-0.3, -0.25) is 14.6 Å². The molecule has 61 heavy (non-hydrogen) atoms. The molecule has 1 saturated carbocycles. The van der Waals surface area contributed by atoms with E-state index in [-0.39, 0.29) is 54.3 Å². The molecule has 5 heterocycles. The molecule has 4 fully saturated rings. The van der Waals surface area contributed by atoms with Crippen molar-refractivity contribution in [2.45, 2.75) is 148 Å². The number of aromatic hydroxyl groups is 1. The topological polar surface area (TPSA) is 112 Å². The number of benzene rings is 2. The van der Waals surface area contributed by atoms with Gasteiger partial charge in [0.2, 0.25) is 0 Å². The predicted molar refractivity (Wildman–Crippen MR) is 239 cm³/mol. The zero-order chi connectivity index (χ0) is 43.6. The summed E-state index contributed by atoms with van der Waals surface area (Å²) in [5.41, 5.74) is 7.34. The summed E-state index contributed by atoms with van der Waals surface area (Å²) in [6.45, 7) is 23.6. The molecule has 0 radical (unpaired) electrons. The largest absolute Gasteiger partial charge is 0.508 e. The van der Waals surface area contributed by atoms with Crippen molar-refractivity contribution in [3.8, 4) is 23.2 Å². The van der Waals surface area contributed by atoms with Gasteiger partial charge in [-0.1, -0.05) is 59.6 Å². The Morgan fingerprint density at radius 3 is 2.26 bits per heavy atom. The molecule has 2 aromatic carbocycles. The summed E-state index contributed by atoms with van der Waals surface area (Å²) in [6.07, 6.45) is 3.28. The third kappa shape index (κ3) is 8.56. The normalized spacial score (nSPS) is 22.3. The van der Waals surface area contributed by atoms with Crippen molar-refractivity contribution < 1.29 is 28.6 Å². The molecule has 13 heteroatoms. The average Bonchev–Trinajstić information content (AvgIpc) is 3.45. The van der Waals surface area contributed by atoms with E-state index < -0.39 is 19.8 Å². The first-order valence-corrected chi connectivity index (χ1v) is 24.8. The van der Waals surface area contributed by atoms with Crippen LogP contribution in [0, 0.1) is 16.9 Å². The maximum atomic E-state index is 14.9. The smallest absolute Gasteiger partial charge is 0.410 e. The second-order valence-electron chi connectivity index (χ2n) is 20.5. The molecule has 8 rings (SSSR count). The molecule has 4 aliphatic heterocycles. The zero-order valence-electron chi connectivity index (χ0n) is 37.7. The van der Waals surface area contributed by atoms with Crippen LogP contribution in [0.25, 0.3) is 10.8 Å². The maximum Gasteiger partial charge on any atom is 0.410 e. The number of nitrogens with zero attached hydrogens (tertiary/aromatic N) is 6. The number of carbonyl (C=O) groups excluding carboxylic acids is 2. The summed E-state index contributed by atoms with van der Waals surface area (Å²) >= 11 is 0. The predicted octanol–water partition coefficient (Wildman–Crippen LogP) is 8.85. The Bertz CT molecular complexity index is 2210. The first kappa shape index (κ1) is 43.2. The molecular formula is C48H65FN6O5Si. The highest BCUT2D eigenvalue weighted by atomic mass is 28.3. The number of hydrogen-bond acceptors (Lipinski definition) is 9. The lowest BCUT2D eigenvalue weighted by molar-refractivity contribution is 0.0122. The standard InChI is InChI=1S/C48H65FN6O5Si/c1-30(2)61(31(3)4,32(5)6)20-16-33-11-10-12-34-21-38(56)22-39(42(33)34)44(57)54-26-40-41(27-54)50-45(59-29-48(17-18-48)28-52-19-15-35(49)23-52)51-43(40)53-24-36-13-14-37(25-53)55(36)46(58)60-47(7,8)9/h10-12,21-22,30-32,35-37,56H,13-15,17-19,23-29H2,1-9H3/t35-,36?,37?/m1/s1. The molecule has 3 saturated heterocycles. The Balaban J connectivity index is 1.12. The zero-order valence-corrected chi connectivity index (χ0v) is 38.7. The van der Waals surface area contributed by atoms with E-state index in [0.29, 0.717) is 54.8 Å².